The summed E-state index contributed by atoms with van der Waals surface area (Å²) >= 11 is 0. The Morgan fingerprint density at radius 1 is 0.340 bits per heavy atom. The summed E-state index contributed by atoms with van der Waals surface area (Å²) in [5.74, 6) is -0.622. The fourth-order valence-corrected chi connectivity index (χ4v) is 4.34. The molecule has 50 heavy (non-hydrogen) atoms. The summed E-state index contributed by atoms with van der Waals surface area (Å²) in [6, 6.07) is 0. The van der Waals surface area contributed by atoms with Crippen LogP contribution >= 0.6 is 0 Å². The van der Waals surface area contributed by atoms with Gasteiger partial charge in [-0.2, -0.15) is 0 Å². The molecule has 0 aliphatic rings. The highest BCUT2D eigenvalue weighted by atomic mass is 16.5. The summed E-state index contributed by atoms with van der Waals surface area (Å²) in [4.78, 5) is 22.1. The highest BCUT2D eigenvalue weighted by Crippen LogP contribution is 2.09. The van der Waals surface area contributed by atoms with E-state index >= 15 is 0 Å². The molecule has 0 radical (unpaired) electrons. The summed E-state index contributed by atoms with van der Waals surface area (Å²) in [7, 11) is 0. The Morgan fingerprint density at radius 2 is 0.600 bits per heavy atom. The number of unbranched alkanes of at least 4 members (excludes halogenated alkanes) is 14. The van der Waals surface area contributed by atoms with Gasteiger partial charge in [0.15, 0.2) is 0 Å². The van der Waals surface area contributed by atoms with Crippen molar-refractivity contribution in [2.45, 2.75) is 130 Å². The molecule has 278 valence electrons. The van der Waals surface area contributed by atoms with Crippen LogP contribution in [0.15, 0.2) is 134 Å². The van der Waals surface area contributed by atoms with Crippen molar-refractivity contribution in [3.63, 3.8) is 0 Å². The molecule has 0 aromatic heterocycles. The minimum absolute atomic E-state index is 0.308. The van der Waals surface area contributed by atoms with Gasteiger partial charge in [-0.05, 0) is 39.5 Å². The molecule has 0 aliphatic carbocycles. The first-order chi connectivity index (χ1) is 24.6. The summed E-state index contributed by atoms with van der Waals surface area (Å²) in [5, 5.41) is 0. The molecule has 0 bridgehead atoms. The maximum atomic E-state index is 11.0. The van der Waals surface area contributed by atoms with E-state index in [1.165, 1.54) is 115 Å². The largest absolute Gasteiger partial charge is 0.463 e. The molecular formula is C46H70O4. The van der Waals surface area contributed by atoms with Crippen molar-refractivity contribution in [3.05, 3.63) is 134 Å². The maximum Gasteiger partial charge on any atom is 0.330 e. The molecule has 0 aromatic carbocycles. The van der Waals surface area contributed by atoms with Gasteiger partial charge in [-0.15, -0.1) is 0 Å². The Morgan fingerprint density at radius 3 is 0.900 bits per heavy atom. The minimum Gasteiger partial charge on any atom is -0.463 e. The van der Waals surface area contributed by atoms with Crippen LogP contribution in [0.4, 0.5) is 0 Å². The SMILES string of the molecule is CCCCCCCCC/C=C/C=C/C=C/C=C/C=C/C(=O)OCC.CCCCCCCCC/C=C/C=C/C=C/C=C/C=C/C=C/C(=O)OCC. The summed E-state index contributed by atoms with van der Waals surface area (Å²) < 4.78 is 9.55. The lowest BCUT2D eigenvalue weighted by atomic mass is 10.1. The highest BCUT2D eigenvalue weighted by molar-refractivity contribution is 5.82. The molecule has 0 amide bonds. The molecule has 0 rings (SSSR count). The number of carbonyl (C=O) groups excluding carboxylic acids is 2. The van der Waals surface area contributed by atoms with Gasteiger partial charge in [0.05, 0.1) is 13.2 Å². The zero-order valence-electron chi connectivity index (χ0n) is 32.1. The van der Waals surface area contributed by atoms with Crippen molar-refractivity contribution in [1.29, 1.82) is 0 Å². The Bertz CT molecular complexity index is 1090. The predicted octanol–water partition coefficient (Wildman–Crippen LogP) is 13.5. The number of esters is 2. The Hall–Kier alpha value is -3.92. The molecule has 0 spiro atoms. The van der Waals surface area contributed by atoms with Crippen LogP contribution in [0, 0.1) is 0 Å². The third kappa shape index (κ3) is 46.2. The van der Waals surface area contributed by atoms with Crippen molar-refractivity contribution in [2.24, 2.45) is 0 Å². The number of rotatable bonds is 29. The van der Waals surface area contributed by atoms with Crippen molar-refractivity contribution < 1.29 is 19.1 Å². The molecule has 4 nitrogen and oxygen atoms in total. The van der Waals surface area contributed by atoms with E-state index in [2.05, 4.69) is 44.2 Å². The zero-order chi connectivity index (χ0) is 36.9. The first-order valence-corrected chi connectivity index (χ1v) is 19.3. The van der Waals surface area contributed by atoms with E-state index in [1.54, 1.807) is 38.2 Å². The second-order valence-electron chi connectivity index (χ2n) is 11.6. The molecule has 0 N–H and O–H groups in total. The van der Waals surface area contributed by atoms with Gasteiger partial charge in [0, 0.05) is 12.2 Å². The van der Waals surface area contributed by atoms with Gasteiger partial charge in [-0.25, -0.2) is 9.59 Å². The topological polar surface area (TPSA) is 52.6 Å². The second kappa shape index (κ2) is 45.1. The second-order valence-corrected chi connectivity index (χ2v) is 11.6. The van der Waals surface area contributed by atoms with Crippen LogP contribution in [0.3, 0.4) is 0 Å². The van der Waals surface area contributed by atoms with Crippen molar-refractivity contribution in [1.82, 2.24) is 0 Å². The summed E-state index contributed by atoms with van der Waals surface area (Å²) in [6.45, 7) is 8.91. The van der Waals surface area contributed by atoms with Crippen LogP contribution in [-0.2, 0) is 19.1 Å². The average molecular weight is 687 g/mol. The van der Waals surface area contributed by atoms with Crippen LogP contribution in [0.2, 0.25) is 0 Å². The lowest BCUT2D eigenvalue weighted by Gasteiger charge is -1.98. The third-order valence-electron chi connectivity index (χ3n) is 7.04. The minimum atomic E-state index is -0.314. The van der Waals surface area contributed by atoms with Gasteiger partial charge in [0.2, 0.25) is 0 Å². The summed E-state index contributed by atoms with van der Waals surface area (Å²) in [6.07, 6.45) is 63.4. The summed E-state index contributed by atoms with van der Waals surface area (Å²) in [5.41, 5.74) is 0. The standard InChI is InChI=1S/C24H36O2.C22H34O2/c1-3-5-6-7-8-9-10-11-12-13-14-15-16-17-18-19-20-21-22-23-24(25)26-4-2;1-3-5-6-7-8-9-10-11-12-13-14-15-16-17-18-19-20-21-22(23)24-4-2/h12-23H,3-11H2,1-2H3;12-21H,3-11H2,1-2H3/b13-12+,15-14+,17-16+,19-18+,21-20+,23-22+;13-12+,15-14+,17-16+,19-18+,21-20+. The smallest absolute Gasteiger partial charge is 0.330 e. The van der Waals surface area contributed by atoms with E-state index in [9.17, 15) is 9.59 Å². The van der Waals surface area contributed by atoms with Crippen molar-refractivity contribution in [2.75, 3.05) is 13.2 Å². The molecular weight excluding hydrogens is 617 g/mol. The Kier molecular flexibility index (Phi) is 43.5. The van der Waals surface area contributed by atoms with Crippen LogP contribution in [0.5, 0.6) is 0 Å². The number of allylic oxidation sites excluding steroid dienone is 20. The van der Waals surface area contributed by atoms with Gasteiger partial charge in [-0.1, -0.05) is 212 Å². The molecule has 0 atom stereocenters. The van der Waals surface area contributed by atoms with Crippen LogP contribution in [0.25, 0.3) is 0 Å². The third-order valence-corrected chi connectivity index (χ3v) is 7.04. The van der Waals surface area contributed by atoms with Gasteiger partial charge >= 0.3 is 11.9 Å². The van der Waals surface area contributed by atoms with E-state index in [0.29, 0.717) is 13.2 Å². The fourth-order valence-electron chi connectivity index (χ4n) is 4.34. The number of ether oxygens (including phenoxy) is 2. The van der Waals surface area contributed by atoms with E-state index in [-0.39, 0.29) is 11.9 Å². The van der Waals surface area contributed by atoms with Crippen molar-refractivity contribution in [3.8, 4) is 0 Å². The monoisotopic (exact) mass is 687 g/mol. The highest BCUT2D eigenvalue weighted by Gasteiger charge is 1.91. The average Bonchev–Trinajstić information content (AvgIpc) is 3.11. The number of hydrogen-bond donors (Lipinski definition) is 0. The van der Waals surface area contributed by atoms with Crippen LogP contribution < -0.4 is 0 Å². The molecule has 0 aliphatic heterocycles. The van der Waals surface area contributed by atoms with Gasteiger partial charge in [-0.3, -0.25) is 0 Å². The lowest BCUT2D eigenvalue weighted by Crippen LogP contribution is -1.98. The Labute approximate surface area is 307 Å². The molecule has 4 heteroatoms. The molecule has 0 aromatic rings. The van der Waals surface area contributed by atoms with E-state index in [0.717, 1.165) is 0 Å². The van der Waals surface area contributed by atoms with E-state index in [4.69, 9.17) is 9.47 Å². The maximum absolute atomic E-state index is 11.0. The molecule has 0 saturated heterocycles. The number of carbonyl (C=O) groups is 2. The predicted molar refractivity (Wildman–Crippen MR) is 219 cm³/mol. The van der Waals surface area contributed by atoms with Crippen molar-refractivity contribution >= 4 is 11.9 Å². The normalized spacial score (nSPS) is 12.7. The number of hydrogen-bond acceptors (Lipinski definition) is 4. The first-order valence-electron chi connectivity index (χ1n) is 19.3. The van der Waals surface area contributed by atoms with Gasteiger partial charge < -0.3 is 9.47 Å². The quantitative estimate of drug-likeness (QED) is 0.0340. The Balaban J connectivity index is 0. The van der Waals surface area contributed by atoms with Crippen LogP contribution in [-0.4, -0.2) is 25.2 Å². The fraction of sp³-hybridized carbons (Fsp3) is 0.478. The molecule has 0 unspecified atom stereocenters. The van der Waals surface area contributed by atoms with E-state index in [1.807, 2.05) is 66.8 Å². The first kappa shape index (κ1) is 48.2. The lowest BCUT2D eigenvalue weighted by molar-refractivity contribution is -0.138. The molecule has 0 fully saturated rings. The van der Waals surface area contributed by atoms with Gasteiger partial charge in [0.25, 0.3) is 0 Å². The molecule has 0 heterocycles. The zero-order valence-corrected chi connectivity index (χ0v) is 32.1. The van der Waals surface area contributed by atoms with E-state index < -0.39 is 0 Å². The molecule has 0 saturated carbocycles. The van der Waals surface area contributed by atoms with Gasteiger partial charge in [0.1, 0.15) is 0 Å². The van der Waals surface area contributed by atoms with Crippen LogP contribution in [0.1, 0.15) is 130 Å².